The Balaban J connectivity index is 1.60. The monoisotopic (exact) mass is 359 g/mol. The van der Waals surface area contributed by atoms with Gasteiger partial charge in [0, 0.05) is 37.7 Å². The fourth-order valence-corrected chi connectivity index (χ4v) is 3.39. The molecule has 1 aliphatic heterocycles. The van der Waals surface area contributed by atoms with Crippen molar-refractivity contribution in [1.82, 2.24) is 25.1 Å². The van der Waals surface area contributed by atoms with Crippen molar-refractivity contribution >= 4 is 17.7 Å². The molecule has 0 radical (unpaired) electrons. The third-order valence-corrected chi connectivity index (χ3v) is 4.80. The number of rotatable bonds is 8. The Morgan fingerprint density at radius 1 is 1.52 bits per heavy atom. The van der Waals surface area contributed by atoms with Crippen LogP contribution in [0.1, 0.15) is 12.8 Å². The van der Waals surface area contributed by atoms with Gasteiger partial charge in [0.25, 0.3) is 0 Å². The molecule has 8 heteroatoms. The predicted molar refractivity (Wildman–Crippen MR) is 96.2 cm³/mol. The number of aromatic nitrogens is 4. The summed E-state index contributed by atoms with van der Waals surface area (Å²) in [4.78, 5) is 16.2. The number of nitrogens with one attached hydrogen (secondary N) is 1. The molecule has 0 aromatic carbocycles. The highest BCUT2D eigenvalue weighted by molar-refractivity contribution is 7.99. The van der Waals surface area contributed by atoms with E-state index in [0.717, 1.165) is 30.8 Å². The minimum absolute atomic E-state index is 0.0309. The number of pyridine rings is 1. The van der Waals surface area contributed by atoms with Crippen molar-refractivity contribution in [2.75, 3.05) is 18.9 Å². The molecule has 1 saturated heterocycles. The Bertz CT molecular complexity index is 713. The van der Waals surface area contributed by atoms with Crippen LogP contribution >= 0.6 is 11.8 Å². The van der Waals surface area contributed by atoms with Crippen LogP contribution in [0.2, 0.25) is 0 Å². The largest absolute Gasteiger partial charge is 0.376 e. The third kappa shape index (κ3) is 4.67. The van der Waals surface area contributed by atoms with Gasteiger partial charge in [-0.05, 0) is 25.0 Å². The summed E-state index contributed by atoms with van der Waals surface area (Å²) in [7, 11) is 0. The Kier molecular flexibility index (Phi) is 6.19. The van der Waals surface area contributed by atoms with Gasteiger partial charge in [0.15, 0.2) is 11.0 Å². The van der Waals surface area contributed by atoms with Gasteiger partial charge in [-0.15, -0.1) is 16.8 Å². The molecule has 3 heterocycles. The molecule has 1 atom stereocenters. The van der Waals surface area contributed by atoms with Crippen molar-refractivity contribution in [2.45, 2.75) is 30.6 Å². The maximum absolute atomic E-state index is 12.0. The zero-order valence-electron chi connectivity index (χ0n) is 13.9. The molecular weight excluding hydrogens is 338 g/mol. The second-order valence-corrected chi connectivity index (χ2v) is 6.62. The Morgan fingerprint density at radius 3 is 3.16 bits per heavy atom. The van der Waals surface area contributed by atoms with Gasteiger partial charge in [-0.1, -0.05) is 17.8 Å². The summed E-state index contributed by atoms with van der Waals surface area (Å²) in [6.07, 6.45) is 7.46. The second kappa shape index (κ2) is 8.77. The molecule has 2 aromatic rings. The van der Waals surface area contributed by atoms with Gasteiger partial charge in [0.2, 0.25) is 5.91 Å². The normalized spacial score (nSPS) is 16.7. The Labute approximate surface area is 150 Å². The molecule has 7 nitrogen and oxygen atoms in total. The SMILES string of the molecule is C=CCn1c(SCC(=O)NC[C@H]2CCCO2)nnc1-c1cccnc1. The predicted octanol–water partition coefficient (Wildman–Crippen LogP) is 1.91. The summed E-state index contributed by atoms with van der Waals surface area (Å²) in [5, 5.41) is 12.1. The summed E-state index contributed by atoms with van der Waals surface area (Å²) < 4.78 is 7.44. The molecule has 1 N–H and O–H groups in total. The van der Waals surface area contributed by atoms with E-state index in [1.54, 1.807) is 18.5 Å². The Morgan fingerprint density at radius 2 is 2.44 bits per heavy atom. The lowest BCUT2D eigenvalue weighted by Crippen LogP contribution is -2.32. The first kappa shape index (κ1) is 17.6. The fourth-order valence-electron chi connectivity index (χ4n) is 2.61. The van der Waals surface area contributed by atoms with E-state index in [0.29, 0.717) is 18.2 Å². The average Bonchev–Trinajstić information content (AvgIpc) is 3.29. The summed E-state index contributed by atoms with van der Waals surface area (Å²) in [5.41, 5.74) is 0.881. The molecule has 3 rings (SSSR count). The molecule has 0 bridgehead atoms. The van der Waals surface area contributed by atoms with E-state index < -0.39 is 0 Å². The van der Waals surface area contributed by atoms with Crippen molar-refractivity contribution in [3.05, 3.63) is 37.2 Å². The van der Waals surface area contributed by atoms with Crippen molar-refractivity contribution < 1.29 is 9.53 Å². The smallest absolute Gasteiger partial charge is 0.230 e. The van der Waals surface area contributed by atoms with E-state index in [-0.39, 0.29) is 17.8 Å². The zero-order valence-corrected chi connectivity index (χ0v) is 14.7. The molecule has 2 aromatic heterocycles. The first-order valence-corrected chi connectivity index (χ1v) is 9.22. The average molecular weight is 359 g/mol. The van der Waals surface area contributed by atoms with Gasteiger partial charge in [-0.2, -0.15) is 0 Å². The lowest BCUT2D eigenvalue weighted by Gasteiger charge is -2.11. The van der Waals surface area contributed by atoms with E-state index in [1.807, 2.05) is 16.7 Å². The van der Waals surface area contributed by atoms with Gasteiger partial charge < -0.3 is 10.1 Å². The van der Waals surface area contributed by atoms with Gasteiger partial charge in [0.05, 0.1) is 11.9 Å². The minimum Gasteiger partial charge on any atom is -0.376 e. The van der Waals surface area contributed by atoms with Crippen LogP contribution in [0.3, 0.4) is 0 Å². The molecule has 0 spiro atoms. The fraction of sp³-hybridized carbons (Fsp3) is 0.412. The number of nitrogens with zero attached hydrogens (tertiary/aromatic N) is 4. The van der Waals surface area contributed by atoms with Crippen LogP contribution in [0.5, 0.6) is 0 Å². The van der Waals surface area contributed by atoms with Crippen LogP contribution in [0, 0.1) is 0 Å². The van der Waals surface area contributed by atoms with E-state index >= 15 is 0 Å². The number of thioether (sulfide) groups is 1. The summed E-state index contributed by atoms with van der Waals surface area (Å²) in [5.74, 6) is 0.974. The van der Waals surface area contributed by atoms with E-state index in [4.69, 9.17) is 4.74 Å². The van der Waals surface area contributed by atoms with E-state index in [9.17, 15) is 4.79 Å². The van der Waals surface area contributed by atoms with Gasteiger partial charge in [-0.3, -0.25) is 14.3 Å². The molecule has 1 aliphatic rings. The maximum atomic E-state index is 12.0. The number of hydrogen-bond acceptors (Lipinski definition) is 6. The number of carbonyl (C=O) groups excluding carboxylic acids is 1. The van der Waals surface area contributed by atoms with Gasteiger partial charge >= 0.3 is 0 Å². The topological polar surface area (TPSA) is 81.9 Å². The minimum atomic E-state index is -0.0309. The summed E-state index contributed by atoms with van der Waals surface area (Å²) in [6.45, 7) is 5.71. The van der Waals surface area contributed by atoms with E-state index in [1.165, 1.54) is 11.8 Å². The van der Waals surface area contributed by atoms with Gasteiger partial charge in [0.1, 0.15) is 0 Å². The van der Waals surface area contributed by atoms with Crippen LogP contribution in [-0.2, 0) is 16.1 Å². The number of carbonyl (C=O) groups is 1. The summed E-state index contributed by atoms with van der Waals surface area (Å²) in [6, 6.07) is 3.78. The lowest BCUT2D eigenvalue weighted by molar-refractivity contribution is -0.119. The third-order valence-electron chi connectivity index (χ3n) is 3.83. The first-order valence-electron chi connectivity index (χ1n) is 8.23. The second-order valence-electron chi connectivity index (χ2n) is 5.67. The maximum Gasteiger partial charge on any atom is 0.230 e. The van der Waals surface area contributed by atoms with Crippen molar-refractivity contribution in [1.29, 1.82) is 0 Å². The molecular formula is C17H21N5O2S. The number of amides is 1. The highest BCUT2D eigenvalue weighted by atomic mass is 32.2. The van der Waals surface area contributed by atoms with Crippen molar-refractivity contribution in [3.8, 4) is 11.4 Å². The molecule has 132 valence electrons. The van der Waals surface area contributed by atoms with Crippen LogP contribution in [0.4, 0.5) is 0 Å². The Hall–Kier alpha value is -2.19. The molecule has 0 aliphatic carbocycles. The number of hydrogen-bond donors (Lipinski definition) is 1. The first-order chi connectivity index (χ1) is 12.3. The standard InChI is InChI=1S/C17H21N5O2S/c1-2-8-22-16(13-5-3-7-18-10-13)20-21-17(22)25-12-15(23)19-11-14-6-4-9-24-14/h2-3,5,7,10,14H,1,4,6,8-9,11-12H2,(H,19,23)/t14-/m1/s1. The van der Waals surface area contributed by atoms with Crippen molar-refractivity contribution in [3.63, 3.8) is 0 Å². The molecule has 0 unspecified atom stereocenters. The molecule has 1 amide bonds. The molecule has 25 heavy (non-hydrogen) atoms. The molecule has 0 saturated carbocycles. The zero-order chi connectivity index (χ0) is 17.5. The highest BCUT2D eigenvalue weighted by Crippen LogP contribution is 2.23. The summed E-state index contributed by atoms with van der Waals surface area (Å²) >= 11 is 1.36. The van der Waals surface area contributed by atoms with E-state index in [2.05, 4.69) is 27.1 Å². The van der Waals surface area contributed by atoms with Crippen LogP contribution in [0.25, 0.3) is 11.4 Å². The van der Waals surface area contributed by atoms with Crippen LogP contribution in [-0.4, -0.2) is 50.7 Å². The highest BCUT2D eigenvalue weighted by Gasteiger charge is 2.18. The lowest BCUT2D eigenvalue weighted by atomic mass is 10.2. The van der Waals surface area contributed by atoms with Crippen LogP contribution in [0.15, 0.2) is 42.3 Å². The van der Waals surface area contributed by atoms with Gasteiger partial charge in [-0.25, -0.2) is 0 Å². The van der Waals surface area contributed by atoms with Crippen molar-refractivity contribution in [2.24, 2.45) is 0 Å². The number of allylic oxidation sites excluding steroid dienone is 1. The molecule has 1 fully saturated rings. The number of ether oxygens (including phenoxy) is 1. The van der Waals surface area contributed by atoms with Crippen LogP contribution < -0.4 is 5.32 Å². The quantitative estimate of drug-likeness (QED) is 0.573.